The molecule has 0 radical (unpaired) electrons. The number of rotatable bonds is 14. The second kappa shape index (κ2) is 14.6. The number of hydrogen-bond donors (Lipinski definition) is 4. The van der Waals surface area contributed by atoms with Crippen LogP contribution < -0.4 is 21.3 Å². The molecule has 282 valence electrons. The van der Waals surface area contributed by atoms with Gasteiger partial charge in [0.1, 0.15) is 18.1 Å². The van der Waals surface area contributed by atoms with Crippen LogP contribution in [0.1, 0.15) is 68.2 Å². The summed E-state index contributed by atoms with van der Waals surface area (Å²) in [6.07, 6.45) is 4.25. The Hall–Kier alpha value is -3.85. The van der Waals surface area contributed by atoms with Gasteiger partial charge in [-0.3, -0.25) is 19.2 Å². The summed E-state index contributed by atoms with van der Waals surface area (Å²) in [6, 6.07) is 0.308. The van der Waals surface area contributed by atoms with E-state index in [9.17, 15) is 32.4 Å². The fourth-order valence-electron chi connectivity index (χ4n) is 6.97. The third-order valence-corrected chi connectivity index (χ3v) is 12.3. The minimum atomic E-state index is -3.95. The Morgan fingerprint density at radius 2 is 1.69 bits per heavy atom. The summed E-state index contributed by atoms with van der Waals surface area (Å²) < 4.78 is 27.6. The van der Waals surface area contributed by atoms with Crippen LogP contribution in [0.4, 0.5) is 4.79 Å². The number of sulfonamides is 1. The van der Waals surface area contributed by atoms with Gasteiger partial charge in [-0.25, -0.2) is 18.2 Å². The van der Waals surface area contributed by atoms with Crippen LogP contribution in [-0.4, -0.2) is 103 Å². The molecule has 1 aromatic heterocycles. The van der Waals surface area contributed by atoms with Gasteiger partial charge in [0.25, 0.3) is 15.9 Å². The van der Waals surface area contributed by atoms with Gasteiger partial charge in [-0.15, -0.1) is 6.58 Å². The Morgan fingerprint density at radius 1 is 1.04 bits per heavy atom. The number of carbonyl (C=O) groups excluding carboxylic acids is 5. The highest BCUT2D eigenvalue weighted by atomic mass is 32.2. The predicted octanol–water partition coefficient (Wildman–Crippen LogP) is 2.08. The minimum Gasteiger partial charge on any atom is -0.346 e. The molecule has 1 saturated heterocycles. The highest BCUT2D eigenvalue weighted by Crippen LogP contribution is 2.65. The molecule has 2 aliphatic carbocycles. The normalized spacial score (nSPS) is 22.9. The van der Waals surface area contributed by atoms with Crippen molar-refractivity contribution < 1.29 is 32.4 Å². The van der Waals surface area contributed by atoms with Gasteiger partial charge in [0.15, 0.2) is 5.03 Å². The Labute approximate surface area is 302 Å². The van der Waals surface area contributed by atoms with Crippen LogP contribution in [0, 0.1) is 34.0 Å². The summed E-state index contributed by atoms with van der Waals surface area (Å²) in [5.41, 5.74) is -1.60. The van der Waals surface area contributed by atoms with E-state index in [4.69, 9.17) is 0 Å². The van der Waals surface area contributed by atoms with Crippen molar-refractivity contribution in [3.63, 3.8) is 0 Å². The zero-order valence-corrected chi connectivity index (χ0v) is 32.1. The van der Waals surface area contributed by atoms with Crippen molar-refractivity contribution in [1.82, 2.24) is 35.5 Å². The predicted molar refractivity (Wildman–Crippen MR) is 191 cm³/mol. The molecule has 1 aliphatic heterocycles. The number of pyridine rings is 1. The van der Waals surface area contributed by atoms with Crippen molar-refractivity contribution in [2.45, 2.75) is 97.4 Å². The number of likely N-dealkylation sites (tertiary alicyclic amines) is 1. The molecule has 2 heterocycles. The fourth-order valence-corrected chi connectivity index (χ4v) is 8.08. The summed E-state index contributed by atoms with van der Waals surface area (Å²) in [6.45, 7) is 19.0. The summed E-state index contributed by atoms with van der Waals surface area (Å²) in [7, 11) is -2.53. The Balaban J connectivity index is 1.52. The first kappa shape index (κ1) is 39.9. The maximum Gasteiger partial charge on any atom is 0.315 e. The van der Waals surface area contributed by atoms with Gasteiger partial charge in [0, 0.05) is 38.9 Å². The third-order valence-electron chi connectivity index (χ3n) is 10.6. The molecule has 0 spiro atoms. The number of carbonyl (C=O) groups is 5. The number of amides is 5. The maximum absolute atomic E-state index is 14.4. The lowest BCUT2D eigenvalue weighted by molar-refractivity contribution is -0.145. The van der Waals surface area contributed by atoms with Crippen LogP contribution in [0.2, 0.25) is 0 Å². The standard InChI is InChI=1S/C36H55N7O7S/c1-11-17-38-31(46)28(44)26(21-15-16-21)40-30(45)27-25-22(36(25,8)9)19-43(27)32(47)29(35(5,6)7)41-33(48)39-23(34(2,3)4)20-42(10)51(49,50)24-14-12-13-18-37-24/h11-14,18,21-23,25-27,29H,1,15-17,19-20H2,2-10H3,(H,38,46)(H,40,45)(H2,39,41,48)/t22-,23+,25-,26?,27-,29+/m0/s1. The summed E-state index contributed by atoms with van der Waals surface area (Å²) in [5.74, 6) is -2.75. The number of ketones is 1. The van der Waals surface area contributed by atoms with Crippen molar-refractivity contribution in [1.29, 1.82) is 0 Å². The molecule has 5 amide bonds. The lowest BCUT2D eigenvalue weighted by Gasteiger charge is -2.39. The Kier molecular flexibility index (Phi) is 11.5. The molecule has 15 heteroatoms. The molecule has 0 bridgehead atoms. The first-order valence-corrected chi connectivity index (χ1v) is 19.0. The molecule has 1 unspecified atom stereocenters. The Morgan fingerprint density at radius 3 is 2.22 bits per heavy atom. The van der Waals surface area contributed by atoms with E-state index in [1.54, 1.807) is 12.1 Å². The molecule has 0 aromatic carbocycles. The first-order chi connectivity index (χ1) is 23.5. The van der Waals surface area contributed by atoms with Crippen LogP contribution in [0.5, 0.6) is 0 Å². The highest BCUT2D eigenvalue weighted by molar-refractivity contribution is 7.89. The molecule has 3 fully saturated rings. The van der Waals surface area contributed by atoms with E-state index in [0.29, 0.717) is 19.4 Å². The average Bonchev–Trinajstić information content (AvgIpc) is 3.92. The molecule has 3 aliphatic rings. The van der Waals surface area contributed by atoms with Crippen LogP contribution in [0.3, 0.4) is 0 Å². The van der Waals surface area contributed by atoms with E-state index in [1.807, 2.05) is 55.4 Å². The first-order valence-electron chi connectivity index (χ1n) is 17.5. The van der Waals surface area contributed by atoms with Crippen molar-refractivity contribution in [2.24, 2.45) is 34.0 Å². The lowest BCUT2D eigenvalue weighted by atomic mass is 9.85. The van der Waals surface area contributed by atoms with Crippen LogP contribution in [0.25, 0.3) is 0 Å². The van der Waals surface area contributed by atoms with Crippen molar-refractivity contribution >= 4 is 39.6 Å². The van der Waals surface area contributed by atoms with Gasteiger partial charge in [0.05, 0.1) is 0 Å². The number of fused-ring (bicyclic) bond motifs is 1. The van der Waals surface area contributed by atoms with Crippen LogP contribution in [-0.2, 0) is 29.2 Å². The van der Waals surface area contributed by atoms with E-state index >= 15 is 0 Å². The van der Waals surface area contributed by atoms with Gasteiger partial charge in [-0.05, 0) is 59.0 Å². The second-order valence-corrected chi connectivity index (χ2v) is 18.9. The number of Topliss-reactive ketones (excluding diaryl/α,β-unsaturated/α-hetero) is 1. The van der Waals surface area contributed by atoms with E-state index in [1.165, 1.54) is 30.3 Å². The smallest absolute Gasteiger partial charge is 0.315 e. The highest BCUT2D eigenvalue weighted by Gasteiger charge is 2.70. The average molecular weight is 730 g/mol. The monoisotopic (exact) mass is 729 g/mol. The van der Waals surface area contributed by atoms with E-state index in [2.05, 4.69) is 32.8 Å². The number of urea groups is 1. The molecule has 51 heavy (non-hydrogen) atoms. The molecule has 4 N–H and O–H groups in total. The van der Waals surface area contributed by atoms with Crippen molar-refractivity contribution in [3.05, 3.63) is 37.1 Å². The Bertz CT molecular complexity index is 1630. The number of hydrogen-bond acceptors (Lipinski definition) is 8. The minimum absolute atomic E-state index is 0.0412. The molecule has 2 saturated carbocycles. The molecular formula is C36H55N7O7S. The van der Waals surface area contributed by atoms with Crippen LogP contribution >= 0.6 is 0 Å². The topological polar surface area (TPSA) is 187 Å². The number of likely N-dealkylation sites (N-methyl/N-ethyl adjacent to an activating group) is 1. The van der Waals surface area contributed by atoms with Crippen LogP contribution in [0.15, 0.2) is 42.1 Å². The van der Waals surface area contributed by atoms with Gasteiger partial charge in [-0.2, -0.15) is 4.31 Å². The van der Waals surface area contributed by atoms with E-state index in [-0.39, 0.29) is 41.3 Å². The molecule has 6 atom stereocenters. The van der Waals surface area contributed by atoms with E-state index in [0.717, 1.165) is 4.31 Å². The molecular weight excluding hydrogens is 675 g/mol. The SMILES string of the molecule is C=CCNC(=O)C(=O)C(NC(=O)[C@@H]1[C@@H]2[C@H](CN1C(=O)[C@@H](NC(=O)N[C@H](CN(C)S(=O)(=O)c1ccccn1)C(C)(C)C)C(C)(C)C)C2(C)C)C1CC1. The maximum atomic E-state index is 14.4. The zero-order chi connectivity index (χ0) is 38.3. The summed E-state index contributed by atoms with van der Waals surface area (Å²) in [5, 5.41) is 11.0. The third kappa shape index (κ3) is 8.79. The van der Waals surface area contributed by atoms with Gasteiger partial charge < -0.3 is 26.2 Å². The van der Waals surface area contributed by atoms with Gasteiger partial charge >= 0.3 is 6.03 Å². The van der Waals surface area contributed by atoms with Gasteiger partial charge in [0.2, 0.25) is 17.6 Å². The van der Waals surface area contributed by atoms with Crippen molar-refractivity contribution in [2.75, 3.05) is 26.7 Å². The number of piperidine rings is 1. The molecule has 14 nitrogen and oxygen atoms in total. The second-order valence-electron chi connectivity index (χ2n) is 16.9. The molecule has 1 aromatic rings. The number of nitrogens with one attached hydrogen (secondary N) is 4. The number of aromatic nitrogens is 1. The van der Waals surface area contributed by atoms with Gasteiger partial charge in [-0.1, -0.05) is 67.5 Å². The largest absolute Gasteiger partial charge is 0.346 e. The molecule has 4 rings (SSSR count). The summed E-state index contributed by atoms with van der Waals surface area (Å²) in [4.78, 5) is 73.3. The van der Waals surface area contributed by atoms with E-state index < -0.39 is 74.6 Å². The fraction of sp³-hybridized carbons (Fsp3) is 0.667. The zero-order valence-electron chi connectivity index (χ0n) is 31.3. The quantitative estimate of drug-likeness (QED) is 0.166. The lowest BCUT2D eigenvalue weighted by Crippen LogP contribution is -2.63. The summed E-state index contributed by atoms with van der Waals surface area (Å²) >= 11 is 0. The van der Waals surface area contributed by atoms with Crippen molar-refractivity contribution in [3.8, 4) is 0 Å². The number of nitrogens with zero attached hydrogens (tertiary/aromatic N) is 3.